The molecule has 8 heteroatoms. The van der Waals surface area contributed by atoms with E-state index in [1.807, 2.05) is 24.3 Å². The number of hydrogen-bond donors (Lipinski definition) is 1. The van der Waals surface area contributed by atoms with Crippen LogP contribution in [0.25, 0.3) is 10.1 Å². The number of sulfonamides is 1. The molecule has 1 fully saturated rings. The third kappa shape index (κ3) is 3.88. The topological polar surface area (TPSA) is 75.7 Å². The van der Waals surface area contributed by atoms with Gasteiger partial charge in [-0.15, -0.1) is 11.3 Å². The normalized spacial score (nSPS) is 18.6. The standard InChI is InChI=1S/C16H20N2O4S2/c1-22-13-5-4-12-10-15(23-14(12)11-13)16(19)18-7-3-2-6-17-24(20,21)9-8-18/h4-5,10-11,17H,2-3,6-9H2,1H3. The van der Waals surface area contributed by atoms with Crippen molar-refractivity contribution in [1.82, 2.24) is 9.62 Å². The number of ether oxygens (including phenoxy) is 1. The van der Waals surface area contributed by atoms with Gasteiger partial charge in [-0.2, -0.15) is 0 Å². The minimum atomic E-state index is -3.31. The van der Waals surface area contributed by atoms with E-state index in [2.05, 4.69) is 4.72 Å². The Bertz CT molecular complexity index is 845. The summed E-state index contributed by atoms with van der Waals surface area (Å²) < 4.78 is 32.4. The fraction of sp³-hybridized carbons (Fsp3) is 0.438. The van der Waals surface area contributed by atoms with Crippen LogP contribution in [0.2, 0.25) is 0 Å². The lowest BCUT2D eigenvalue weighted by Crippen LogP contribution is -2.36. The summed E-state index contributed by atoms with van der Waals surface area (Å²) in [6.07, 6.45) is 1.51. The van der Waals surface area contributed by atoms with Gasteiger partial charge in [0.1, 0.15) is 5.75 Å². The first-order valence-corrected chi connectivity index (χ1v) is 10.3. The summed E-state index contributed by atoms with van der Waals surface area (Å²) in [5, 5.41) is 0.989. The molecule has 130 valence electrons. The second-order valence-electron chi connectivity index (χ2n) is 5.73. The van der Waals surface area contributed by atoms with Gasteiger partial charge < -0.3 is 9.64 Å². The Morgan fingerprint density at radius 2 is 2.08 bits per heavy atom. The Morgan fingerprint density at radius 3 is 2.88 bits per heavy atom. The van der Waals surface area contributed by atoms with Crippen LogP contribution in [0, 0.1) is 0 Å². The van der Waals surface area contributed by atoms with Gasteiger partial charge in [0.05, 0.1) is 17.7 Å². The van der Waals surface area contributed by atoms with Crippen molar-refractivity contribution in [2.24, 2.45) is 0 Å². The molecule has 24 heavy (non-hydrogen) atoms. The predicted molar refractivity (Wildman–Crippen MR) is 95.3 cm³/mol. The lowest BCUT2D eigenvalue weighted by molar-refractivity contribution is 0.0768. The first-order valence-electron chi connectivity index (χ1n) is 7.83. The Balaban J connectivity index is 1.83. The average Bonchev–Trinajstić information content (AvgIpc) is 3.01. The number of fused-ring (bicyclic) bond motifs is 1. The highest BCUT2D eigenvalue weighted by atomic mass is 32.2. The van der Waals surface area contributed by atoms with E-state index >= 15 is 0 Å². The monoisotopic (exact) mass is 368 g/mol. The molecule has 1 aromatic carbocycles. The summed E-state index contributed by atoms with van der Waals surface area (Å²) in [4.78, 5) is 15.1. The van der Waals surface area contributed by atoms with Gasteiger partial charge in [-0.1, -0.05) is 0 Å². The highest BCUT2D eigenvalue weighted by Gasteiger charge is 2.22. The van der Waals surface area contributed by atoms with Crippen molar-refractivity contribution in [3.05, 3.63) is 29.1 Å². The maximum Gasteiger partial charge on any atom is 0.263 e. The molecule has 1 aromatic heterocycles. The van der Waals surface area contributed by atoms with E-state index in [4.69, 9.17) is 4.74 Å². The summed E-state index contributed by atoms with van der Waals surface area (Å²) in [7, 11) is -1.70. The van der Waals surface area contributed by atoms with Crippen LogP contribution in [0.1, 0.15) is 22.5 Å². The Labute approximate surface area is 145 Å². The summed E-state index contributed by atoms with van der Waals surface area (Å²) in [6.45, 7) is 1.23. The molecule has 0 aliphatic carbocycles. The minimum absolute atomic E-state index is 0.0581. The van der Waals surface area contributed by atoms with E-state index in [0.29, 0.717) is 18.0 Å². The molecule has 0 saturated carbocycles. The van der Waals surface area contributed by atoms with Crippen LogP contribution in [0.4, 0.5) is 0 Å². The molecule has 6 nitrogen and oxygen atoms in total. The number of carbonyl (C=O) groups is 1. The number of amides is 1. The molecular weight excluding hydrogens is 348 g/mol. The second-order valence-corrected chi connectivity index (χ2v) is 8.74. The van der Waals surface area contributed by atoms with E-state index in [9.17, 15) is 13.2 Å². The quantitative estimate of drug-likeness (QED) is 0.880. The molecule has 0 spiro atoms. The lowest BCUT2D eigenvalue weighted by atomic mass is 10.2. The van der Waals surface area contributed by atoms with Crippen LogP contribution >= 0.6 is 11.3 Å². The van der Waals surface area contributed by atoms with Crippen LogP contribution in [0.3, 0.4) is 0 Å². The molecule has 1 aliphatic rings. The van der Waals surface area contributed by atoms with Crippen LogP contribution in [-0.2, 0) is 10.0 Å². The fourth-order valence-electron chi connectivity index (χ4n) is 2.67. The average molecular weight is 368 g/mol. The molecule has 1 N–H and O–H groups in total. The summed E-state index contributed by atoms with van der Waals surface area (Å²) in [5.74, 6) is 0.591. The number of hydrogen-bond acceptors (Lipinski definition) is 5. The zero-order valence-corrected chi connectivity index (χ0v) is 15.1. The van der Waals surface area contributed by atoms with Crippen molar-refractivity contribution in [3.8, 4) is 5.75 Å². The van der Waals surface area contributed by atoms with Crippen LogP contribution in [0.5, 0.6) is 5.75 Å². The smallest absolute Gasteiger partial charge is 0.263 e. The van der Waals surface area contributed by atoms with Gasteiger partial charge in [-0.05, 0) is 42.5 Å². The predicted octanol–water partition coefficient (Wildman–Crippen LogP) is 2.07. The zero-order chi connectivity index (χ0) is 17.2. The van der Waals surface area contributed by atoms with E-state index in [-0.39, 0.29) is 18.2 Å². The second kappa shape index (κ2) is 7.08. The maximum absolute atomic E-state index is 12.8. The van der Waals surface area contributed by atoms with Gasteiger partial charge in [0.2, 0.25) is 10.0 Å². The highest BCUT2D eigenvalue weighted by Crippen LogP contribution is 2.30. The van der Waals surface area contributed by atoms with Crippen molar-refractivity contribution in [2.45, 2.75) is 12.8 Å². The molecule has 0 unspecified atom stereocenters. The van der Waals surface area contributed by atoms with Crippen molar-refractivity contribution >= 4 is 37.4 Å². The number of thiophene rings is 1. The molecule has 1 aliphatic heterocycles. The maximum atomic E-state index is 12.8. The van der Waals surface area contributed by atoms with Gasteiger partial charge in [0, 0.05) is 24.3 Å². The fourth-order valence-corrected chi connectivity index (χ4v) is 4.79. The van der Waals surface area contributed by atoms with Crippen molar-refractivity contribution < 1.29 is 17.9 Å². The summed E-state index contributed by atoms with van der Waals surface area (Å²) >= 11 is 1.41. The number of nitrogens with one attached hydrogen (secondary N) is 1. The first kappa shape index (κ1) is 17.2. The van der Waals surface area contributed by atoms with E-state index in [0.717, 1.165) is 28.7 Å². The van der Waals surface area contributed by atoms with Gasteiger partial charge in [0.25, 0.3) is 5.91 Å². The molecule has 2 heterocycles. The van der Waals surface area contributed by atoms with Gasteiger partial charge in [-0.3, -0.25) is 4.79 Å². The van der Waals surface area contributed by atoms with E-state index < -0.39 is 10.0 Å². The van der Waals surface area contributed by atoms with Crippen LogP contribution in [-0.4, -0.2) is 51.7 Å². The van der Waals surface area contributed by atoms with Crippen molar-refractivity contribution in [3.63, 3.8) is 0 Å². The molecule has 3 rings (SSSR count). The Morgan fingerprint density at radius 1 is 1.25 bits per heavy atom. The third-order valence-corrected chi connectivity index (χ3v) is 6.48. The number of methoxy groups -OCH3 is 1. The summed E-state index contributed by atoms with van der Waals surface area (Å²) in [6, 6.07) is 7.56. The minimum Gasteiger partial charge on any atom is -0.497 e. The van der Waals surface area contributed by atoms with Gasteiger partial charge in [-0.25, -0.2) is 13.1 Å². The van der Waals surface area contributed by atoms with Crippen molar-refractivity contribution in [2.75, 3.05) is 32.5 Å². The Kier molecular flexibility index (Phi) is 5.07. The number of rotatable bonds is 2. The number of nitrogens with zero attached hydrogens (tertiary/aromatic N) is 1. The van der Waals surface area contributed by atoms with Crippen molar-refractivity contribution in [1.29, 1.82) is 0 Å². The van der Waals surface area contributed by atoms with Crippen LogP contribution in [0.15, 0.2) is 24.3 Å². The molecule has 0 atom stereocenters. The number of carbonyl (C=O) groups excluding carboxylic acids is 1. The molecule has 0 radical (unpaired) electrons. The molecule has 1 amide bonds. The molecule has 2 aromatic rings. The summed E-state index contributed by atoms with van der Waals surface area (Å²) in [5.41, 5.74) is 0. The molecular formula is C16H20N2O4S2. The van der Waals surface area contributed by atoms with Gasteiger partial charge >= 0.3 is 0 Å². The highest BCUT2D eigenvalue weighted by molar-refractivity contribution is 7.89. The zero-order valence-electron chi connectivity index (χ0n) is 13.4. The molecule has 1 saturated heterocycles. The third-order valence-electron chi connectivity index (χ3n) is 4.03. The van der Waals surface area contributed by atoms with Crippen LogP contribution < -0.4 is 9.46 Å². The number of benzene rings is 1. The largest absolute Gasteiger partial charge is 0.497 e. The first-order chi connectivity index (χ1) is 11.5. The van der Waals surface area contributed by atoms with Gasteiger partial charge in [0.15, 0.2) is 0 Å². The molecule has 0 bridgehead atoms. The Hall–Kier alpha value is -1.64. The lowest BCUT2D eigenvalue weighted by Gasteiger charge is -2.20. The van der Waals surface area contributed by atoms with E-state index in [1.54, 1.807) is 12.0 Å². The van der Waals surface area contributed by atoms with E-state index in [1.165, 1.54) is 11.3 Å². The SMILES string of the molecule is COc1ccc2cc(C(=O)N3CCCCNS(=O)(=O)CC3)sc2c1.